The van der Waals surface area contributed by atoms with E-state index >= 15 is 0 Å². The molecule has 0 amide bonds. The van der Waals surface area contributed by atoms with Gasteiger partial charge in [0.05, 0.1) is 0 Å². The summed E-state index contributed by atoms with van der Waals surface area (Å²) in [5.74, 6) is 1.03. The lowest BCUT2D eigenvalue weighted by Crippen LogP contribution is -1.79. The number of hydrogen-bond donors (Lipinski definition) is 0. The Hall–Kier alpha value is -0.690. The van der Waals surface area contributed by atoms with E-state index in [-0.39, 0.29) is 0 Å². The molecular formula is C11H16S. The van der Waals surface area contributed by atoms with E-state index in [4.69, 9.17) is 0 Å². The SMILES string of the molecule is C=C/C=C\C(=C/C)CS/C=C/C. The molecule has 0 aliphatic rings. The summed E-state index contributed by atoms with van der Waals surface area (Å²) in [6.07, 6.45) is 10.0. The fourth-order valence-electron chi connectivity index (χ4n) is 0.660. The van der Waals surface area contributed by atoms with Crippen LogP contribution in [0.15, 0.2) is 47.9 Å². The Kier molecular flexibility index (Phi) is 7.92. The Balaban J connectivity index is 3.85. The quantitative estimate of drug-likeness (QED) is 0.577. The van der Waals surface area contributed by atoms with Gasteiger partial charge in [0.25, 0.3) is 0 Å². The minimum absolute atomic E-state index is 1.03. The average Bonchev–Trinajstić information content (AvgIpc) is 2.11. The summed E-state index contributed by atoms with van der Waals surface area (Å²) >= 11 is 1.80. The molecule has 12 heavy (non-hydrogen) atoms. The topological polar surface area (TPSA) is 0 Å². The summed E-state index contributed by atoms with van der Waals surface area (Å²) < 4.78 is 0. The Labute approximate surface area is 79.8 Å². The van der Waals surface area contributed by atoms with Gasteiger partial charge in [0.15, 0.2) is 0 Å². The van der Waals surface area contributed by atoms with Crippen LogP contribution in [0, 0.1) is 0 Å². The molecule has 0 unspecified atom stereocenters. The molecule has 0 saturated carbocycles. The van der Waals surface area contributed by atoms with Crippen molar-refractivity contribution in [3.63, 3.8) is 0 Å². The minimum atomic E-state index is 1.03. The molecule has 0 aliphatic carbocycles. The van der Waals surface area contributed by atoms with Crippen molar-refractivity contribution in [2.75, 3.05) is 5.75 Å². The van der Waals surface area contributed by atoms with E-state index in [0.29, 0.717) is 0 Å². The second kappa shape index (κ2) is 8.41. The smallest absolute Gasteiger partial charge is 0.0222 e. The summed E-state index contributed by atoms with van der Waals surface area (Å²) in [5.41, 5.74) is 1.33. The maximum Gasteiger partial charge on any atom is 0.0222 e. The van der Waals surface area contributed by atoms with Crippen LogP contribution in [0.4, 0.5) is 0 Å². The van der Waals surface area contributed by atoms with Gasteiger partial charge < -0.3 is 0 Å². The molecule has 0 heterocycles. The van der Waals surface area contributed by atoms with Gasteiger partial charge in [0, 0.05) is 5.75 Å². The number of hydrogen-bond acceptors (Lipinski definition) is 1. The van der Waals surface area contributed by atoms with Crippen LogP contribution in [-0.4, -0.2) is 5.75 Å². The first-order chi connectivity index (χ1) is 5.85. The zero-order valence-corrected chi connectivity index (χ0v) is 8.60. The van der Waals surface area contributed by atoms with Crippen LogP contribution >= 0.6 is 11.8 Å². The van der Waals surface area contributed by atoms with E-state index < -0.39 is 0 Å². The van der Waals surface area contributed by atoms with Crippen molar-refractivity contribution in [2.45, 2.75) is 13.8 Å². The predicted molar refractivity (Wildman–Crippen MR) is 60.4 cm³/mol. The van der Waals surface area contributed by atoms with Gasteiger partial charge in [0.2, 0.25) is 0 Å². The Bertz CT molecular complexity index is 197. The van der Waals surface area contributed by atoms with E-state index in [1.165, 1.54) is 5.57 Å². The second-order valence-corrected chi connectivity index (χ2v) is 3.13. The van der Waals surface area contributed by atoms with Crippen LogP contribution < -0.4 is 0 Å². The van der Waals surface area contributed by atoms with Crippen LogP contribution in [0.25, 0.3) is 0 Å². The van der Waals surface area contributed by atoms with E-state index in [1.54, 1.807) is 17.8 Å². The predicted octanol–water partition coefficient (Wildman–Crippen LogP) is 3.94. The molecule has 0 aromatic carbocycles. The van der Waals surface area contributed by atoms with Crippen LogP contribution in [-0.2, 0) is 0 Å². The van der Waals surface area contributed by atoms with Gasteiger partial charge in [-0.1, -0.05) is 37.0 Å². The molecule has 0 fully saturated rings. The van der Waals surface area contributed by atoms with Crippen molar-refractivity contribution in [1.29, 1.82) is 0 Å². The molecule has 66 valence electrons. The van der Waals surface area contributed by atoms with Crippen LogP contribution in [0.3, 0.4) is 0 Å². The molecule has 0 aromatic rings. The van der Waals surface area contributed by atoms with Gasteiger partial charge >= 0.3 is 0 Å². The number of allylic oxidation sites excluding steroid dienone is 5. The van der Waals surface area contributed by atoms with Crippen molar-refractivity contribution >= 4 is 11.8 Å². The van der Waals surface area contributed by atoms with Crippen LogP contribution in [0.2, 0.25) is 0 Å². The third-order valence-electron chi connectivity index (χ3n) is 1.30. The van der Waals surface area contributed by atoms with Gasteiger partial charge in [-0.2, -0.15) is 0 Å². The third kappa shape index (κ3) is 6.05. The lowest BCUT2D eigenvalue weighted by molar-refractivity contribution is 1.50. The highest BCUT2D eigenvalue weighted by molar-refractivity contribution is 8.02. The Morgan fingerprint density at radius 2 is 2.17 bits per heavy atom. The largest absolute Gasteiger partial charge is 0.130 e. The molecule has 0 N–H and O–H groups in total. The van der Waals surface area contributed by atoms with Gasteiger partial charge in [0.1, 0.15) is 0 Å². The number of thioether (sulfide) groups is 1. The van der Waals surface area contributed by atoms with Crippen molar-refractivity contribution in [3.8, 4) is 0 Å². The maximum absolute atomic E-state index is 3.63. The zero-order chi connectivity index (χ0) is 9.23. The first-order valence-electron chi connectivity index (χ1n) is 4.02. The lowest BCUT2D eigenvalue weighted by atomic mass is 10.2. The average molecular weight is 180 g/mol. The molecule has 1 heteroatoms. The van der Waals surface area contributed by atoms with Crippen LogP contribution in [0.1, 0.15) is 13.8 Å². The lowest BCUT2D eigenvalue weighted by Gasteiger charge is -1.96. The molecule has 0 bridgehead atoms. The molecule has 0 nitrogen and oxygen atoms in total. The number of rotatable bonds is 5. The highest BCUT2D eigenvalue weighted by Gasteiger charge is 1.87. The molecule has 0 radical (unpaired) electrons. The van der Waals surface area contributed by atoms with Gasteiger partial charge in [-0.05, 0) is 24.8 Å². The van der Waals surface area contributed by atoms with E-state index in [0.717, 1.165) is 5.75 Å². The fraction of sp³-hybridized carbons (Fsp3) is 0.273. The highest BCUT2D eigenvalue weighted by Crippen LogP contribution is 2.10. The van der Waals surface area contributed by atoms with E-state index in [9.17, 15) is 0 Å². The fourth-order valence-corrected chi connectivity index (χ4v) is 1.40. The van der Waals surface area contributed by atoms with Gasteiger partial charge in [-0.15, -0.1) is 11.8 Å². The summed E-state index contributed by atoms with van der Waals surface area (Å²) in [6.45, 7) is 7.71. The van der Waals surface area contributed by atoms with Crippen molar-refractivity contribution in [2.24, 2.45) is 0 Å². The third-order valence-corrected chi connectivity index (χ3v) is 2.26. The first kappa shape index (κ1) is 11.3. The summed E-state index contributed by atoms with van der Waals surface area (Å²) in [6, 6.07) is 0. The summed E-state index contributed by atoms with van der Waals surface area (Å²) in [5, 5.41) is 2.10. The minimum Gasteiger partial charge on any atom is -0.130 e. The monoisotopic (exact) mass is 180 g/mol. The first-order valence-corrected chi connectivity index (χ1v) is 5.07. The van der Waals surface area contributed by atoms with Crippen molar-refractivity contribution in [1.82, 2.24) is 0 Å². The van der Waals surface area contributed by atoms with Crippen LogP contribution in [0.5, 0.6) is 0 Å². The molecule has 0 atom stereocenters. The Morgan fingerprint density at radius 3 is 2.67 bits per heavy atom. The molecular weight excluding hydrogens is 164 g/mol. The van der Waals surface area contributed by atoms with Gasteiger partial charge in [-0.3, -0.25) is 0 Å². The van der Waals surface area contributed by atoms with Gasteiger partial charge in [-0.25, -0.2) is 0 Å². The van der Waals surface area contributed by atoms with Crippen molar-refractivity contribution < 1.29 is 0 Å². The molecule has 0 spiro atoms. The normalized spacial score (nSPS) is 13.0. The van der Waals surface area contributed by atoms with E-state index in [1.807, 2.05) is 13.0 Å². The maximum atomic E-state index is 3.63. The van der Waals surface area contributed by atoms with Crippen molar-refractivity contribution in [3.05, 3.63) is 47.9 Å². The standard InChI is InChI=1S/C11H16S/c1-4-7-8-11(6-3)10-12-9-5-2/h4-9H,1,10H2,2-3H3/b8-7-,9-5+,11-6+. The second-order valence-electron chi connectivity index (χ2n) is 2.24. The molecule has 0 aliphatic heterocycles. The summed E-state index contributed by atoms with van der Waals surface area (Å²) in [7, 11) is 0. The Morgan fingerprint density at radius 1 is 1.42 bits per heavy atom. The molecule has 0 rings (SSSR count). The highest BCUT2D eigenvalue weighted by atomic mass is 32.2. The molecule has 0 saturated heterocycles. The zero-order valence-electron chi connectivity index (χ0n) is 7.79. The molecule has 0 aromatic heterocycles. The summed E-state index contributed by atoms with van der Waals surface area (Å²) in [4.78, 5) is 0. The van der Waals surface area contributed by atoms with E-state index in [2.05, 4.69) is 37.1 Å².